The molecule has 2 aromatic carbocycles. The molecule has 0 aliphatic heterocycles. The summed E-state index contributed by atoms with van der Waals surface area (Å²) in [6.45, 7) is 3.75. The SMILES string of the molecule is COc1ccc(C(CN(C)C)NCc2ccc(Oc3cccnc3)c(C)c2)cc1. The van der Waals surface area contributed by atoms with E-state index >= 15 is 0 Å². The van der Waals surface area contributed by atoms with Crippen LogP contribution in [0.5, 0.6) is 17.2 Å². The first-order chi connectivity index (χ1) is 14.0. The average molecular weight is 392 g/mol. The normalized spacial score (nSPS) is 12.0. The smallest absolute Gasteiger partial charge is 0.145 e. The Morgan fingerprint density at radius 3 is 2.45 bits per heavy atom. The minimum atomic E-state index is 0.225. The van der Waals surface area contributed by atoms with Gasteiger partial charge in [-0.2, -0.15) is 0 Å². The van der Waals surface area contributed by atoms with Crippen LogP contribution < -0.4 is 14.8 Å². The van der Waals surface area contributed by atoms with E-state index in [4.69, 9.17) is 9.47 Å². The van der Waals surface area contributed by atoms with Crippen molar-refractivity contribution in [2.45, 2.75) is 19.5 Å². The zero-order chi connectivity index (χ0) is 20.6. The summed E-state index contributed by atoms with van der Waals surface area (Å²) in [7, 11) is 5.87. The lowest BCUT2D eigenvalue weighted by atomic mass is 10.0. The number of benzene rings is 2. The van der Waals surface area contributed by atoms with Gasteiger partial charge < -0.3 is 19.7 Å². The third-order valence-corrected chi connectivity index (χ3v) is 4.72. The molecule has 1 N–H and O–H groups in total. The number of hydrogen-bond acceptors (Lipinski definition) is 5. The van der Waals surface area contributed by atoms with Gasteiger partial charge in [0.25, 0.3) is 0 Å². The van der Waals surface area contributed by atoms with Crippen LogP contribution in [0, 0.1) is 6.92 Å². The minimum Gasteiger partial charge on any atom is -0.497 e. The molecule has 0 saturated heterocycles. The molecule has 0 aliphatic carbocycles. The van der Waals surface area contributed by atoms with Gasteiger partial charge >= 0.3 is 0 Å². The highest BCUT2D eigenvalue weighted by Crippen LogP contribution is 2.25. The summed E-state index contributed by atoms with van der Waals surface area (Å²) >= 11 is 0. The minimum absolute atomic E-state index is 0.225. The summed E-state index contributed by atoms with van der Waals surface area (Å²) in [4.78, 5) is 6.29. The van der Waals surface area contributed by atoms with Crippen LogP contribution >= 0.6 is 0 Å². The number of nitrogens with one attached hydrogen (secondary N) is 1. The van der Waals surface area contributed by atoms with Crippen LogP contribution in [0.2, 0.25) is 0 Å². The molecule has 3 aromatic rings. The van der Waals surface area contributed by atoms with Crippen LogP contribution in [-0.2, 0) is 6.54 Å². The molecular weight excluding hydrogens is 362 g/mol. The van der Waals surface area contributed by atoms with Crippen molar-refractivity contribution < 1.29 is 9.47 Å². The van der Waals surface area contributed by atoms with Crippen LogP contribution in [0.3, 0.4) is 0 Å². The highest BCUT2D eigenvalue weighted by atomic mass is 16.5. The molecule has 1 unspecified atom stereocenters. The quantitative estimate of drug-likeness (QED) is 0.578. The Bertz CT molecular complexity index is 896. The van der Waals surface area contributed by atoms with Crippen molar-refractivity contribution in [2.24, 2.45) is 0 Å². The van der Waals surface area contributed by atoms with E-state index in [1.54, 1.807) is 19.5 Å². The second-order valence-corrected chi connectivity index (χ2v) is 7.36. The van der Waals surface area contributed by atoms with Gasteiger partial charge in [0.15, 0.2) is 0 Å². The highest BCUT2D eigenvalue weighted by molar-refractivity contribution is 5.39. The highest BCUT2D eigenvalue weighted by Gasteiger charge is 2.13. The Balaban J connectivity index is 1.67. The molecule has 1 heterocycles. The largest absolute Gasteiger partial charge is 0.497 e. The first kappa shape index (κ1) is 20.8. The van der Waals surface area contributed by atoms with Crippen LogP contribution in [0.25, 0.3) is 0 Å². The summed E-state index contributed by atoms with van der Waals surface area (Å²) in [5, 5.41) is 3.68. The van der Waals surface area contributed by atoms with E-state index in [2.05, 4.69) is 60.5 Å². The molecule has 3 rings (SSSR count). The van der Waals surface area contributed by atoms with Gasteiger partial charge in [0.1, 0.15) is 17.2 Å². The fraction of sp³-hybridized carbons (Fsp3) is 0.292. The van der Waals surface area contributed by atoms with Crippen LogP contribution in [0.15, 0.2) is 67.0 Å². The molecule has 5 nitrogen and oxygen atoms in total. The molecule has 0 aliphatic rings. The number of hydrogen-bond donors (Lipinski definition) is 1. The van der Waals surface area contributed by atoms with Crippen LogP contribution in [0.4, 0.5) is 0 Å². The summed E-state index contributed by atoms with van der Waals surface area (Å²) in [5.74, 6) is 2.46. The maximum atomic E-state index is 5.93. The van der Waals surface area contributed by atoms with Crippen molar-refractivity contribution in [3.8, 4) is 17.2 Å². The Kier molecular flexibility index (Phi) is 7.22. The van der Waals surface area contributed by atoms with Crippen molar-refractivity contribution in [2.75, 3.05) is 27.7 Å². The molecule has 152 valence electrons. The molecule has 0 saturated carbocycles. The average Bonchev–Trinajstić information content (AvgIpc) is 2.73. The molecule has 29 heavy (non-hydrogen) atoms. The standard InChI is InChI=1S/C24H29N3O2/c1-18-14-19(7-12-24(18)29-22-6-5-13-25-16-22)15-26-23(17-27(2)3)20-8-10-21(28-4)11-9-20/h5-14,16,23,26H,15,17H2,1-4H3. The maximum Gasteiger partial charge on any atom is 0.145 e. The Morgan fingerprint density at radius 1 is 1.03 bits per heavy atom. The van der Waals surface area contributed by atoms with E-state index in [9.17, 15) is 0 Å². The van der Waals surface area contributed by atoms with E-state index in [1.165, 1.54) is 11.1 Å². The topological polar surface area (TPSA) is 46.6 Å². The fourth-order valence-electron chi connectivity index (χ4n) is 3.20. The van der Waals surface area contributed by atoms with Gasteiger partial charge in [0.2, 0.25) is 0 Å². The van der Waals surface area contributed by atoms with E-state index in [1.807, 2.05) is 30.3 Å². The molecule has 0 amide bonds. The van der Waals surface area contributed by atoms with Crippen molar-refractivity contribution in [3.05, 3.63) is 83.7 Å². The molecule has 1 atom stereocenters. The first-order valence-corrected chi connectivity index (χ1v) is 9.74. The number of nitrogens with zero attached hydrogens (tertiary/aromatic N) is 2. The number of aromatic nitrogens is 1. The Hall–Kier alpha value is -2.89. The number of pyridine rings is 1. The van der Waals surface area contributed by atoms with Gasteiger partial charge in [0.05, 0.1) is 13.3 Å². The van der Waals surface area contributed by atoms with E-state index in [0.29, 0.717) is 0 Å². The third kappa shape index (κ3) is 6.04. The number of ether oxygens (including phenoxy) is 2. The monoisotopic (exact) mass is 391 g/mol. The molecule has 0 spiro atoms. The first-order valence-electron chi connectivity index (χ1n) is 9.74. The second kappa shape index (κ2) is 10.0. The lowest BCUT2D eigenvalue weighted by molar-refractivity contribution is 0.340. The maximum absolute atomic E-state index is 5.93. The molecule has 5 heteroatoms. The zero-order valence-electron chi connectivity index (χ0n) is 17.6. The molecule has 1 aromatic heterocycles. The third-order valence-electron chi connectivity index (χ3n) is 4.72. The van der Waals surface area contributed by atoms with Gasteiger partial charge in [-0.05, 0) is 68.0 Å². The van der Waals surface area contributed by atoms with E-state index in [0.717, 1.165) is 35.9 Å². The second-order valence-electron chi connectivity index (χ2n) is 7.36. The number of methoxy groups -OCH3 is 1. The summed E-state index contributed by atoms with van der Waals surface area (Å²) in [6.07, 6.45) is 3.46. The number of rotatable bonds is 9. The summed E-state index contributed by atoms with van der Waals surface area (Å²) < 4.78 is 11.2. The Labute approximate surface area is 173 Å². The number of likely N-dealkylation sites (N-methyl/N-ethyl adjacent to an activating group) is 1. The van der Waals surface area contributed by atoms with Crippen LogP contribution in [-0.4, -0.2) is 37.6 Å². The van der Waals surface area contributed by atoms with E-state index in [-0.39, 0.29) is 6.04 Å². The molecule has 0 radical (unpaired) electrons. The zero-order valence-corrected chi connectivity index (χ0v) is 17.6. The lowest BCUT2D eigenvalue weighted by Gasteiger charge is -2.23. The van der Waals surface area contributed by atoms with Crippen molar-refractivity contribution in [1.82, 2.24) is 15.2 Å². The summed E-state index contributed by atoms with van der Waals surface area (Å²) in [5.41, 5.74) is 3.56. The van der Waals surface area contributed by atoms with Gasteiger partial charge in [-0.25, -0.2) is 0 Å². The molecule has 0 fully saturated rings. The van der Waals surface area contributed by atoms with E-state index < -0.39 is 0 Å². The van der Waals surface area contributed by atoms with Gasteiger partial charge in [0, 0.05) is 25.3 Å². The van der Waals surface area contributed by atoms with Crippen molar-refractivity contribution in [3.63, 3.8) is 0 Å². The van der Waals surface area contributed by atoms with Gasteiger partial charge in [-0.1, -0.05) is 24.3 Å². The predicted octanol–water partition coefficient (Wildman–Crippen LogP) is 4.58. The molecule has 0 bridgehead atoms. The number of aryl methyl sites for hydroxylation is 1. The lowest BCUT2D eigenvalue weighted by Crippen LogP contribution is -2.30. The fourth-order valence-corrected chi connectivity index (χ4v) is 3.20. The van der Waals surface area contributed by atoms with Gasteiger partial charge in [-0.15, -0.1) is 0 Å². The van der Waals surface area contributed by atoms with Crippen LogP contribution in [0.1, 0.15) is 22.7 Å². The summed E-state index contributed by atoms with van der Waals surface area (Å²) in [6, 6.07) is 18.5. The van der Waals surface area contributed by atoms with Crippen molar-refractivity contribution in [1.29, 1.82) is 0 Å². The molecular formula is C24H29N3O2. The predicted molar refractivity (Wildman–Crippen MR) is 117 cm³/mol. The van der Waals surface area contributed by atoms with Crippen molar-refractivity contribution >= 4 is 0 Å². The van der Waals surface area contributed by atoms with Gasteiger partial charge in [-0.3, -0.25) is 4.98 Å². The Morgan fingerprint density at radius 2 is 1.83 bits per heavy atom.